The van der Waals surface area contributed by atoms with Gasteiger partial charge in [-0.2, -0.15) is 0 Å². The zero-order valence-corrected chi connectivity index (χ0v) is 10.6. The highest BCUT2D eigenvalue weighted by Gasteiger charge is 2.24. The lowest BCUT2D eigenvalue weighted by Crippen LogP contribution is -2.18. The summed E-state index contributed by atoms with van der Waals surface area (Å²) < 4.78 is 13.0. The van der Waals surface area contributed by atoms with E-state index >= 15 is 0 Å². The first-order valence-corrected chi connectivity index (χ1v) is 6.63. The molecule has 1 aliphatic rings. The molecule has 1 nitrogen and oxygen atoms in total. The summed E-state index contributed by atoms with van der Waals surface area (Å²) in [7, 11) is 0. The fraction of sp³-hybridized carbons (Fsp3) is 0.571. The maximum Gasteiger partial charge on any atom is 0.141 e. The van der Waals surface area contributed by atoms with Gasteiger partial charge in [0, 0.05) is 6.61 Å². The van der Waals surface area contributed by atoms with E-state index in [0.29, 0.717) is 11.8 Å². The van der Waals surface area contributed by atoms with E-state index in [2.05, 4.69) is 0 Å². The predicted molar refractivity (Wildman–Crippen MR) is 67.6 cm³/mol. The summed E-state index contributed by atoms with van der Waals surface area (Å²) in [6.07, 6.45) is 5.75. The molecule has 0 spiro atoms. The minimum absolute atomic E-state index is 0.172. The molecule has 1 N–H and O–H groups in total. The highest BCUT2D eigenvalue weighted by Crippen LogP contribution is 2.33. The Morgan fingerprint density at radius 3 is 2.65 bits per heavy atom. The highest BCUT2D eigenvalue weighted by molar-refractivity contribution is 6.30. The van der Waals surface area contributed by atoms with Crippen LogP contribution in [0.1, 0.15) is 31.2 Å². The minimum atomic E-state index is -0.378. The second-order valence-corrected chi connectivity index (χ2v) is 5.35. The largest absolute Gasteiger partial charge is 0.396 e. The number of benzene rings is 1. The van der Waals surface area contributed by atoms with Gasteiger partial charge in [0.2, 0.25) is 0 Å². The van der Waals surface area contributed by atoms with Crippen molar-refractivity contribution in [3.63, 3.8) is 0 Å². The van der Waals surface area contributed by atoms with Crippen molar-refractivity contribution >= 4 is 11.6 Å². The molecule has 0 aliphatic heterocycles. The molecule has 1 saturated carbocycles. The Kier molecular flexibility index (Phi) is 4.41. The predicted octanol–water partition coefficient (Wildman–Crippen LogP) is 3.82. The second kappa shape index (κ2) is 5.83. The minimum Gasteiger partial charge on any atom is -0.396 e. The Morgan fingerprint density at radius 2 is 2.06 bits per heavy atom. The lowest BCUT2D eigenvalue weighted by atomic mass is 9.86. The van der Waals surface area contributed by atoms with Crippen molar-refractivity contribution in [3.8, 4) is 0 Å². The van der Waals surface area contributed by atoms with E-state index in [4.69, 9.17) is 11.6 Å². The van der Waals surface area contributed by atoms with Gasteiger partial charge in [0.1, 0.15) is 5.82 Å². The molecule has 0 saturated heterocycles. The Morgan fingerprint density at radius 1 is 1.35 bits per heavy atom. The van der Waals surface area contributed by atoms with Crippen LogP contribution in [0.5, 0.6) is 0 Å². The lowest BCUT2D eigenvalue weighted by Gasteiger charge is -2.21. The quantitative estimate of drug-likeness (QED) is 0.868. The van der Waals surface area contributed by atoms with Crippen LogP contribution in [-0.2, 0) is 6.42 Å². The second-order valence-electron chi connectivity index (χ2n) is 4.94. The molecule has 1 atom stereocenters. The Hall–Kier alpha value is -0.600. The van der Waals surface area contributed by atoms with Gasteiger partial charge in [-0.1, -0.05) is 43.4 Å². The fourth-order valence-electron chi connectivity index (χ4n) is 2.78. The van der Waals surface area contributed by atoms with Crippen LogP contribution in [0.15, 0.2) is 18.2 Å². The van der Waals surface area contributed by atoms with Gasteiger partial charge in [-0.05, 0) is 36.0 Å². The number of hydrogen-bond acceptors (Lipinski definition) is 1. The van der Waals surface area contributed by atoms with Gasteiger partial charge in [0.25, 0.3) is 0 Å². The van der Waals surface area contributed by atoms with Crippen LogP contribution in [0.2, 0.25) is 5.02 Å². The summed E-state index contributed by atoms with van der Waals surface area (Å²) in [6, 6.07) is 4.84. The van der Waals surface area contributed by atoms with E-state index in [9.17, 15) is 9.50 Å². The molecule has 0 radical (unpaired) electrons. The number of aliphatic hydroxyl groups is 1. The van der Waals surface area contributed by atoms with Crippen LogP contribution in [0, 0.1) is 17.7 Å². The molecular formula is C14H18ClFO. The maximum atomic E-state index is 13.0. The number of halogens is 2. The smallest absolute Gasteiger partial charge is 0.141 e. The molecule has 1 aromatic carbocycles. The third-order valence-corrected chi connectivity index (χ3v) is 4.07. The highest BCUT2D eigenvalue weighted by atomic mass is 35.5. The van der Waals surface area contributed by atoms with Gasteiger partial charge in [0.05, 0.1) is 5.02 Å². The summed E-state index contributed by atoms with van der Waals surface area (Å²) in [5, 5.41) is 9.64. The molecule has 1 unspecified atom stereocenters. The first-order chi connectivity index (χ1) is 8.20. The Balaban J connectivity index is 2.04. The molecule has 0 aromatic heterocycles. The van der Waals surface area contributed by atoms with Crippen molar-refractivity contribution in [1.29, 1.82) is 0 Å². The zero-order valence-electron chi connectivity index (χ0n) is 9.83. The summed E-state index contributed by atoms with van der Waals surface area (Å²) in [5.41, 5.74) is 1.02. The molecule has 1 fully saturated rings. The van der Waals surface area contributed by atoms with Crippen molar-refractivity contribution < 1.29 is 9.50 Å². The molecule has 0 heterocycles. The van der Waals surface area contributed by atoms with E-state index in [1.54, 1.807) is 12.1 Å². The third-order valence-electron chi connectivity index (χ3n) is 3.78. The van der Waals surface area contributed by atoms with E-state index < -0.39 is 0 Å². The molecule has 17 heavy (non-hydrogen) atoms. The van der Waals surface area contributed by atoms with E-state index in [1.807, 2.05) is 0 Å². The van der Waals surface area contributed by atoms with E-state index in [0.717, 1.165) is 12.0 Å². The summed E-state index contributed by atoms with van der Waals surface area (Å²) in [5.74, 6) is 0.527. The van der Waals surface area contributed by atoms with Gasteiger partial charge >= 0.3 is 0 Å². The monoisotopic (exact) mass is 256 g/mol. The molecule has 1 aromatic rings. The average Bonchev–Trinajstić information content (AvgIpc) is 2.84. The topological polar surface area (TPSA) is 20.2 Å². The van der Waals surface area contributed by atoms with E-state index in [1.165, 1.54) is 31.7 Å². The maximum absolute atomic E-state index is 13.0. The van der Waals surface area contributed by atoms with Gasteiger partial charge in [-0.25, -0.2) is 4.39 Å². The number of rotatable bonds is 4. The molecule has 0 amide bonds. The van der Waals surface area contributed by atoms with Crippen molar-refractivity contribution in [3.05, 3.63) is 34.6 Å². The molecule has 94 valence electrons. The fourth-order valence-corrected chi connectivity index (χ4v) is 2.98. The number of aliphatic hydroxyl groups excluding tert-OH is 1. The van der Waals surface area contributed by atoms with Gasteiger partial charge < -0.3 is 5.11 Å². The van der Waals surface area contributed by atoms with Crippen LogP contribution in [0.25, 0.3) is 0 Å². The van der Waals surface area contributed by atoms with Crippen molar-refractivity contribution in [1.82, 2.24) is 0 Å². The summed E-state index contributed by atoms with van der Waals surface area (Å²) in [4.78, 5) is 0. The Bertz CT molecular complexity index is 374. The van der Waals surface area contributed by atoms with Crippen LogP contribution < -0.4 is 0 Å². The van der Waals surface area contributed by atoms with Gasteiger partial charge in [-0.15, -0.1) is 0 Å². The normalized spacial score (nSPS) is 18.5. The molecule has 3 heteroatoms. The first-order valence-electron chi connectivity index (χ1n) is 6.25. The van der Waals surface area contributed by atoms with Gasteiger partial charge in [0.15, 0.2) is 0 Å². The summed E-state index contributed by atoms with van der Waals surface area (Å²) in [6.45, 7) is 0.208. The van der Waals surface area contributed by atoms with Crippen molar-refractivity contribution in [2.24, 2.45) is 11.8 Å². The average molecular weight is 257 g/mol. The summed E-state index contributed by atoms with van der Waals surface area (Å²) >= 11 is 5.76. The molecule has 0 bridgehead atoms. The molecule has 2 rings (SSSR count). The first kappa shape index (κ1) is 12.8. The van der Waals surface area contributed by atoms with Crippen molar-refractivity contribution in [2.75, 3.05) is 6.61 Å². The zero-order chi connectivity index (χ0) is 12.3. The number of hydrogen-bond donors (Lipinski definition) is 1. The van der Waals surface area contributed by atoms with Gasteiger partial charge in [-0.3, -0.25) is 0 Å². The SMILES string of the molecule is OCC(Cc1ccc(F)c(Cl)c1)C1CCCC1. The van der Waals surface area contributed by atoms with Crippen LogP contribution in [-0.4, -0.2) is 11.7 Å². The Labute approximate surface area is 107 Å². The molecular weight excluding hydrogens is 239 g/mol. The molecule has 1 aliphatic carbocycles. The van der Waals surface area contributed by atoms with E-state index in [-0.39, 0.29) is 17.4 Å². The lowest BCUT2D eigenvalue weighted by molar-refractivity contribution is 0.175. The van der Waals surface area contributed by atoms with Crippen molar-refractivity contribution in [2.45, 2.75) is 32.1 Å². The van der Waals surface area contributed by atoms with Crippen LogP contribution >= 0.6 is 11.6 Å². The third kappa shape index (κ3) is 3.20. The van der Waals surface area contributed by atoms with Crippen LogP contribution in [0.4, 0.5) is 4.39 Å². The standard InChI is InChI=1S/C14H18ClFO/c15-13-8-10(5-6-14(13)16)7-12(9-17)11-3-1-2-4-11/h5-6,8,11-12,17H,1-4,7,9H2. The van der Waals surface area contributed by atoms with Crippen LogP contribution in [0.3, 0.4) is 0 Å².